The highest BCUT2D eigenvalue weighted by Gasteiger charge is 2.45. The minimum atomic E-state index is -1.13. The second-order valence-electron chi connectivity index (χ2n) is 5.88. The molecule has 3 aliphatic rings. The number of carbonyl (C=O) groups excluding carboxylic acids is 2. The van der Waals surface area contributed by atoms with E-state index in [0.29, 0.717) is 11.4 Å². The zero-order valence-electron chi connectivity index (χ0n) is 12.3. The van der Waals surface area contributed by atoms with E-state index in [1.165, 1.54) is 0 Å². The van der Waals surface area contributed by atoms with Crippen molar-refractivity contribution in [3.63, 3.8) is 0 Å². The van der Waals surface area contributed by atoms with Gasteiger partial charge in [0.25, 0.3) is 0 Å². The Bertz CT molecular complexity index is 608. The van der Waals surface area contributed by atoms with Crippen LogP contribution in [0.15, 0.2) is 36.4 Å². The SMILES string of the molecule is COc1ccc(NC(=O)[C@H]2[C@@H](C(=O)[O-])[C@H]3C=C[C@@H]2CC3)cc1. The standard InChI is InChI=1S/C17H19NO4/c1-22-13-8-6-12(7-9-13)18-16(19)14-10-2-4-11(5-3-10)15(14)17(20)21/h2,4,6-11,14-15H,3,5H2,1H3,(H,18,19)(H,20,21)/p-1/t10-,11+,14-,15+/m1/s1. The zero-order valence-corrected chi connectivity index (χ0v) is 12.3. The van der Waals surface area contributed by atoms with Crippen molar-refractivity contribution < 1.29 is 19.4 Å². The van der Waals surface area contributed by atoms with Gasteiger partial charge in [-0.1, -0.05) is 12.2 Å². The molecule has 0 radical (unpaired) electrons. The lowest BCUT2D eigenvalue weighted by Crippen LogP contribution is -2.51. The molecule has 1 aromatic rings. The van der Waals surface area contributed by atoms with E-state index in [1.807, 2.05) is 12.2 Å². The number of carboxylic acid groups (broad SMARTS) is 1. The third-order valence-corrected chi connectivity index (χ3v) is 4.68. The molecule has 0 aromatic heterocycles. The summed E-state index contributed by atoms with van der Waals surface area (Å²) in [4.78, 5) is 24.0. The average Bonchev–Trinajstić information content (AvgIpc) is 2.55. The highest BCUT2D eigenvalue weighted by molar-refractivity contribution is 5.95. The lowest BCUT2D eigenvalue weighted by atomic mass is 9.62. The van der Waals surface area contributed by atoms with Crippen molar-refractivity contribution in [3.8, 4) is 5.75 Å². The fourth-order valence-electron chi connectivity index (χ4n) is 3.57. The van der Waals surface area contributed by atoms with Gasteiger partial charge in [0, 0.05) is 17.6 Å². The van der Waals surface area contributed by atoms with Crippen LogP contribution >= 0.6 is 0 Å². The highest BCUT2D eigenvalue weighted by atomic mass is 16.5. The Hall–Kier alpha value is -2.30. The fraction of sp³-hybridized carbons (Fsp3) is 0.412. The van der Waals surface area contributed by atoms with Crippen LogP contribution in [-0.4, -0.2) is 19.0 Å². The van der Waals surface area contributed by atoms with Gasteiger partial charge in [0.15, 0.2) is 0 Å². The van der Waals surface area contributed by atoms with Gasteiger partial charge in [-0.2, -0.15) is 0 Å². The Balaban J connectivity index is 1.78. The van der Waals surface area contributed by atoms with E-state index in [1.54, 1.807) is 31.4 Å². The van der Waals surface area contributed by atoms with Crippen LogP contribution in [0.2, 0.25) is 0 Å². The molecule has 1 aromatic carbocycles. The minimum Gasteiger partial charge on any atom is -0.550 e. The summed E-state index contributed by atoms with van der Waals surface area (Å²) in [5.41, 5.74) is 0.633. The topological polar surface area (TPSA) is 78.5 Å². The molecule has 0 spiro atoms. The van der Waals surface area contributed by atoms with Gasteiger partial charge in [-0.25, -0.2) is 0 Å². The van der Waals surface area contributed by atoms with Gasteiger partial charge < -0.3 is 20.0 Å². The Kier molecular flexibility index (Phi) is 3.88. The molecule has 1 saturated carbocycles. The van der Waals surface area contributed by atoms with E-state index in [0.717, 1.165) is 12.8 Å². The second kappa shape index (κ2) is 5.83. The molecule has 3 aliphatic carbocycles. The van der Waals surface area contributed by atoms with E-state index >= 15 is 0 Å². The van der Waals surface area contributed by atoms with Crippen LogP contribution in [0, 0.1) is 23.7 Å². The summed E-state index contributed by atoms with van der Waals surface area (Å²) >= 11 is 0. The van der Waals surface area contributed by atoms with Crippen LogP contribution in [0.25, 0.3) is 0 Å². The van der Waals surface area contributed by atoms with Crippen LogP contribution < -0.4 is 15.2 Å². The number of ether oxygens (including phenoxy) is 1. The lowest BCUT2D eigenvalue weighted by Gasteiger charge is -2.44. The number of amides is 1. The van der Waals surface area contributed by atoms with Gasteiger partial charge in [0.05, 0.1) is 13.0 Å². The van der Waals surface area contributed by atoms with Crippen LogP contribution in [0.4, 0.5) is 5.69 Å². The normalized spacial score (nSPS) is 29.1. The number of aliphatic carboxylic acids is 1. The summed E-state index contributed by atoms with van der Waals surface area (Å²) in [6.07, 6.45) is 5.56. The van der Waals surface area contributed by atoms with Gasteiger partial charge in [-0.3, -0.25) is 4.79 Å². The summed E-state index contributed by atoms with van der Waals surface area (Å²) in [5.74, 6) is -2.09. The number of hydrogen-bond acceptors (Lipinski definition) is 4. The minimum absolute atomic E-state index is 0.0221. The second-order valence-corrected chi connectivity index (χ2v) is 5.88. The summed E-state index contributed by atoms with van der Waals surface area (Å²) in [6.45, 7) is 0. The Morgan fingerprint density at radius 2 is 1.68 bits per heavy atom. The maximum Gasteiger partial charge on any atom is 0.228 e. The smallest absolute Gasteiger partial charge is 0.228 e. The molecule has 5 nitrogen and oxygen atoms in total. The van der Waals surface area contributed by atoms with Gasteiger partial charge in [0.1, 0.15) is 5.75 Å². The van der Waals surface area contributed by atoms with E-state index in [4.69, 9.17) is 4.74 Å². The molecule has 0 unspecified atom stereocenters. The average molecular weight is 300 g/mol. The molecular formula is C17H18NO4-. The van der Waals surface area contributed by atoms with E-state index < -0.39 is 17.8 Å². The number of anilines is 1. The molecule has 0 heterocycles. The van der Waals surface area contributed by atoms with E-state index in [-0.39, 0.29) is 17.7 Å². The van der Waals surface area contributed by atoms with Gasteiger partial charge in [-0.05, 0) is 48.9 Å². The van der Waals surface area contributed by atoms with Crippen molar-refractivity contribution in [2.24, 2.45) is 23.7 Å². The largest absolute Gasteiger partial charge is 0.550 e. The summed E-state index contributed by atoms with van der Waals surface area (Å²) in [6, 6.07) is 6.97. The number of methoxy groups -OCH3 is 1. The van der Waals surface area contributed by atoms with Crippen LogP contribution in [0.1, 0.15) is 12.8 Å². The molecule has 2 bridgehead atoms. The van der Waals surface area contributed by atoms with Crippen molar-refractivity contribution in [3.05, 3.63) is 36.4 Å². The first kappa shape index (κ1) is 14.6. The molecule has 1 fully saturated rings. The predicted octanol–water partition coefficient (Wildman–Crippen LogP) is 1.21. The first-order valence-corrected chi connectivity index (χ1v) is 7.44. The number of fused-ring (bicyclic) bond motifs is 2. The van der Waals surface area contributed by atoms with Gasteiger partial charge in [0.2, 0.25) is 5.91 Å². The monoisotopic (exact) mass is 300 g/mol. The van der Waals surface area contributed by atoms with Crippen molar-refractivity contribution in [1.82, 2.24) is 0 Å². The Morgan fingerprint density at radius 1 is 1.09 bits per heavy atom. The van der Waals surface area contributed by atoms with Crippen LogP contribution in [0.5, 0.6) is 5.75 Å². The van der Waals surface area contributed by atoms with Crippen molar-refractivity contribution >= 4 is 17.6 Å². The molecule has 4 rings (SSSR count). The highest BCUT2D eigenvalue weighted by Crippen LogP contribution is 2.45. The van der Waals surface area contributed by atoms with Gasteiger partial charge >= 0.3 is 0 Å². The molecule has 116 valence electrons. The molecule has 1 amide bonds. The lowest BCUT2D eigenvalue weighted by molar-refractivity contribution is -0.316. The molecular weight excluding hydrogens is 282 g/mol. The number of rotatable bonds is 4. The van der Waals surface area contributed by atoms with Crippen molar-refractivity contribution in [2.75, 3.05) is 12.4 Å². The number of carbonyl (C=O) groups is 2. The number of carboxylic acids is 1. The maximum atomic E-state index is 12.6. The number of benzene rings is 1. The maximum absolute atomic E-state index is 12.6. The van der Waals surface area contributed by atoms with Crippen molar-refractivity contribution in [2.45, 2.75) is 12.8 Å². The third-order valence-electron chi connectivity index (χ3n) is 4.68. The van der Waals surface area contributed by atoms with Crippen molar-refractivity contribution in [1.29, 1.82) is 0 Å². The van der Waals surface area contributed by atoms with Crippen LogP contribution in [-0.2, 0) is 9.59 Å². The molecule has 1 N–H and O–H groups in total. The Morgan fingerprint density at radius 3 is 2.18 bits per heavy atom. The number of allylic oxidation sites excluding steroid dienone is 2. The molecule has 0 aliphatic heterocycles. The summed E-state index contributed by atoms with van der Waals surface area (Å²) < 4.78 is 5.07. The molecule has 0 saturated heterocycles. The number of hydrogen-bond donors (Lipinski definition) is 1. The Labute approximate surface area is 129 Å². The third kappa shape index (κ3) is 2.58. The molecule has 4 atom stereocenters. The molecule has 5 heteroatoms. The molecule has 22 heavy (non-hydrogen) atoms. The number of nitrogens with one attached hydrogen (secondary N) is 1. The predicted molar refractivity (Wildman–Crippen MR) is 79.0 cm³/mol. The van der Waals surface area contributed by atoms with Gasteiger partial charge in [-0.15, -0.1) is 0 Å². The first-order chi connectivity index (χ1) is 10.6. The quantitative estimate of drug-likeness (QED) is 0.848. The van der Waals surface area contributed by atoms with E-state index in [9.17, 15) is 14.7 Å². The summed E-state index contributed by atoms with van der Waals surface area (Å²) in [5, 5.41) is 14.3. The summed E-state index contributed by atoms with van der Waals surface area (Å²) in [7, 11) is 1.57. The van der Waals surface area contributed by atoms with E-state index in [2.05, 4.69) is 5.32 Å². The first-order valence-electron chi connectivity index (χ1n) is 7.44. The van der Waals surface area contributed by atoms with Crippen LogP contribution in [0.3, 0.4) is 0 Å². The fourth-order valence-corrected chi connectivity index (χ4v) is 3.57. The zero-order chi connectivity index (χ0) is 15.7.